The van der Waals surface area contributed by atoms with Crippen LogP contribution in [0, 0.1) is 11.6 Å². The van der Waals surface area contributed by atoms with Gasteiger partial charge in [0.15, 0.2) is 0 Å². The molecule has 150 valence electrons. The molecule has 0 bridgehead atoms. The SMILES string of the molecule is CC1(c2cc(F)ccc2F)NC(=O)N(CC(=O)NC(=O)NC2CCCC2)C1=O. The molecule has 1 heterocycles. The summed E-state index contributed by atoms with van der Waals surface area (Å²) < 4.78 is 27.6. The Hall–Kier alpha value is -3.04. The summed E-state index contributed by atoms with van der Waals surface area (Å²) in [4.78, 5) is 49.3. The van der Waals surface area contributed by atoms with Gasteiger partial charge in [-0.15, -0.1) is 0 Å². The zero-order valence-corrected chi connectivity index (χ0v) is 15.2. The molecule has 6 amide bonds. The molecule has 1 saturated heterocycles. The molecule has 8 nitrogen and oxygen atoms in total. The second kappa shape index (κ2) is 7.53. The average molecular weight is 394 g/mol. The highest BCUT2D eigenvalue weighted by Crippen LogP contribution is 2.31. The fraction of sp³-hybridized carbons (Fsp3) is 0.444. The van der Waals surface area contributed by atoms with Gasteiger partial charge in [-0.1, -0.05) is 12.8 Å². The highest BCUT2D eigenvalue weighted by Gasteiger charge is 2.51. The van der Waals surface area contributed by atoms with Gasteiger partial charge in [0, 0.05) is 11.6 Å². The Morgan fingerprint density at radius 1 is 1.25 bits per heavy atom. The number of nitrogens with one attached hydrogen (secondary N) is 3. The third-order valence-electron chi connectivity index (χ3n) is 4.99. The van der Waals surface area contributed by atoms with Crippen LogP contribution in [0.25, 0.3) is 0 Å². The fourth-order valence-corrected chi connectivity index (χ4v) is 3.51. The Morgan fingerprint density at radius 3 is 2.61 bits per heavy atom. The first-order valence-electron chi connectivity index (χ1n) is 8.90. The lowest BCUT2D eigenvalue weighted by atomic mass is 9.91. The van der Waals surface area contributed by atoms with E-state index >= 15 is 0 Å². The first-order valence-corrected chi connectivity index (χ1v) is 8.90. The molecule has 1 unspecified atom stereocenters. The second-order valence-corrected chi connectivity index (χ2v) is 7.07. The number of nitrogens with zero attached hydrogens (tertiary/aromatic N) is 1. The summed E-state index contributed by atoms with van der Waals surface area (Å²) in [6.07, 6.45) is 3.64. The maximum absolute atomic E-state index is 14.1. The number of hydrogen-bond donors (Lipinski definition) is 3. The van der Waals surface area contributed by atoms with Crippen molar-refractivity contribution >= 4 is 23.9 Å². The number of urea groups is 2. The summed E-state index contributed by atoms with van der Waals surface area (Å²) in [5.41, 5.74) is -2.22. The second-order valence-electron chi connectivity index (χ2n) is 7.07. The Kier molecular flexibility index (Phi) is 5.30. The van der Waals surface area contributed by atoms with E-state index in [1.54, 1.807) is 0 Å². The topological polar surface area (TPSA) is 108 Å². The lowest BCUT2D eigenvalue weighted by Gasteiger charge is -2.22. The van der Waals surface area contributed by atoms with Gasteiger partial charge >= 0.3 is 12.1 Å². The lowest BCUT2D eigenvalue weighted by Crippen LogP contribution is -2.48. The third-order valence-corrected chi connectivity index (χ3v) is 4.99. The maximum atomic E-state index is 14.1. The highest BCUT2D eigenvalue weighted by molar-refractivity contribution is 6.10. The van der Waals surface area contributed by atoms with Gasteiger partial charge < -0.3 is 10.6 Å². The van der Waals surface area contributed by atoms with Crippen LogP contribution >= 0.6 is 0 Å². The molecule has 28 heavy (non-hydrogen) atoms. The van der Waals surface area contributed by atoms with Gasteiger partial charge in [0.05, 0.1) is 0 Å². The Balaban J connectivity index is 1.67. The van der Waals surface area contributed by atoms with Crippen LogP contribution in [-0.4, -0.2) is 41.4 Å². The monoisotopic (exact) mass is 394 g/mol. The van der Waals surface area contributed by atoms with Crippen LogP contribution in [0.4, 0.5) is 18.4 Å². The van der Waals surface area contributed by atoms with E-state index in [2.05, 4.69) is 16.0 Å². The zero-order valence-electron chi connectivity index (χ0n) is 15.2. The van der Waals surface area contributed by atoms with Gasteiger partial charge in [-0.25, -0.2) is 18.4 Å². The van der Waals surface area contributed by atoms with Gasteiger partial charge in [0.25, 0.3) is 5.91 Å². The molecule has 1 atom stereocenters. The Bertz CT molecular complexity index is 841. The van der Waals surface area contributed by atoms with Crippen LogP contribution in [0.3, 0.4) is 0 Å². The van der Waals surface area contributed by atoms with Gasteiger partial charge in [-0.3, -0.25) is 19.8 Å². The van der Waals surface area contributed by atoms with Gasteiger partial charge in [0.2, 0.25) is 5.91 Å². The molecule has 3 rings (SSSR count). The van der Waals surface area contributed by atoms with E-state index in [1.165, 1.54) is 6.92 Å². The van der Waals surface area contributed by atoms with Crippen molar-refractivity contribution in [2.24, 2.45) is 0 Å². The normalized spacial score (nSPS) is 22.3. The number of rotatable bonds is 4. The third kappa shape index (κ3) is 3.80. The van der Waals surface area contributed by atoms with Crippen molar-refractivity contribution in [2.75, 3.05) is 6.54 Å². The molecule has 0 aromatic heterocycles. The maximum Gasteiger partial charge on any atom is 0.325 e. The minimum Gasteiger partial charge on any atom is -0.335 e. The van der Waals surface area contributed by atoms with Crippen LogP contribution in [0.5, 0.6) is 0 Å². The minimum atomic E-state index is -1.87. The smallest absolute Gasteiger partial charge is 0.325 e. The summed E-state index contributed by atoms with van der Waals surface area (Å²) in [6.45, 7) is 0.491. The summed E-state index contributed by atoms with van der Waals surface area (Å²) in [7, 11) is 0. The quantitative estimate of drug-likeness (QED) is 0.673. The summed E-state index contributed by atoms with van der Waals surface area (Å²) in [5, 5.41) is 6.99. The molecule has 3 N–H and O–H groups in total. The predicted molar refractivity (Wildman–Crippen MR) is 92.9 cm³/mol. The Labute approximate surface area is 159 Å². The fourth-order valence-electron chi connectivity index (χ4n) is 3.51. The van der Waals surface area contributed by atoms with Crippen molar-refractivity contribution in [1.29, 1.82) is 0 Å². The molecule has 2 fully saturated rings. The molecule has 2 aliphatic rings. The summed E-state index contributed by atoms with van der Waals surface area (Å²) >= 11 is 0. The van der Waals surface area contributed by atoms with E-state index in [9.17, 15) is 28.0 Å². The van der Waals surface area contributed by atoms with Crippen molar-refractivity contribution in [1.82, 2.24) is 20.9 Å². The summed E-state index contributed by atoms with van der Waals surface area (Å²) in [6, 6.07) is 0.885. The van der Waals surface area contributed by atoms with Crippen LogP contribution in [-0.2, 0) is 15.1 Å². The molecular weight excluding hydrogens is 374 g/mol. The van der Waals surface area contributed by atoms with Crippen LogP contribution in [0.1, 0.15) is 38.2 Å². The number of imide groups is 2. The molecule has 1 aliphatic heterocycles. The van der Waals surface area contributed by atoms with E-state index in [1.807, 2.05) is 0 Å². The van der Waals surface area contributed by atoms with Crippen LogP contribution in [0.2, 0.25) is 0 Å². The summed E-state index contributed by atoms with van der Waals surface area (Å²) in [5.74, 6) is -3.45. The average Bonchev–Trinajstić information content (AvgIpc) is 3.20. The number of benzene rings is 1. The van der Waals surface area contributed by atoms with Crippen molar-refractivity contribution < 1.29 is 28.0 Å². The molecule has 1 aliphatic carbocycles. The molecule has 10 heteroatoms. The largest absolute Gasteiger partial charge is 0.335 e. The van der Waals surface area contributed by atoms with E-state index in [-0.39, 0.29) is 11.6 Å². The first-order chi connectivity index (χ1) is 13.2. The first kappa shape index (κ1) is 19.7. The number of carbonyl (C=O) groups excluding carboxylic acids is 4. The van der Waals surface area contributed by atoms with E-state index in [0.717, 1.165) is 43.9 Å². The van der Waals surface area contributed by atoms with Crippen LogP contribution in [0.15, 0.2) is 18.2 Å². The lowest BCUT2D eigenvalue weighted by molar-refractivity contribution is -0.134. The van der Waals surface area contributed by atoms with Crippen molar-refractivity contribution in [3.8, 4) is 0 Å². The number of halogens is 2. The Morgan fingerprint density at radius 2 is 1.93 bits per heavy atom. The van der Waals surface area contributed by atoms with Crippen molar-refractivity contribution in [3.05, 3.63) is 35.4 Å². The van der Waals surface area contributed by atoms with E-state index < -0.39 is 47.6 Å². The van der Waals surface area contributed by atoms with Gasteiger partial charge in [0.1, 0.15) is 23.7 Å². The number of hydrogen-bond acceptors (Lipinski definition) is 4. The molecule has 0 spiro atoms. The minimum absolute atomic E-state index is 0.0104. The highest BCUT2D eigenvalue weighted by atomic mass is 19.1. The molecule has 1 aromatic carbocycles. The van der Waals surface area contributed by atoms with Crippen LogP contribution < -0.4 is 16.0 Å². The molecular formula is C18H20F2N4O4. The molecule has 1 aromatic rings. The zero-order chi connectivity index (χ0) is 20.5. The van der Waals surface area contributed by atoms with Gasteiger partial charge in [-0.05, 0) is 38.0 Å². The van der Waals surface area contributed by atoms with Gasteiger partial charge in [-0.2, -0.15) is 0 Å². The van der Waals surface area contributed by atoms with E-state index in [4.69, 9.17) is 0 Å². The molecule has 0 radical (unpaired) electrons. The predicted octanol–water partition coefficient (Wildman–Crippen LogP) is 1.50. The van der Waals surface area contributed by atoms with E-state index in [0.29, 0.717) is 4.90 Å². The molecule has 1 saturated carbocycles. The number of amides is 6. The van der Waals surface area contributed by atoms with Crippen molar-refractivity contribution in [2.45, 2.75) is 44.2 Å². The standard InChI is InChI=1S/C18H20F2N4O4/c1-18(12-8-10(19)6-7-13(12)20)15(26)24(17(28)23-18)9-14(25)22-16(27)21-11-4-2-3-5-11/h6-8,11H,2-5,9H2,1H3,(H,23,28)(H2,21,22,25,27). The number of carbonyl (C=O) groups is 4. The van der Waals surface area contributed by atoms with Crippen molar-refractivity contribution in [3.63, 3.8) is 0 Å².